The Kier molecular flexibility index (Phi) is 5.84. The largest absolute Gasteiger partial charge is 0.488 e. The predicted octanol–water partition coefficient (Wildman–Crippen LogP) is 6.57. The molecule has 7 heteroatoms. The van der Waals surface area contributed by atoms with Crippen LogP contribution >= 0.6 is 11.6 Å². The Morgan fingerprint density at radius 2 is 1.97 bits per heavy atom. The minimum absolute atomic E-state index is 0.0667. The van der Waals surface area contributed by atoms with Crippen molar-refractivity contribution < 1.29 is 14.2 Å². The van der Waals surface area contributed by atoms with Gasteiger partial charge in [0.05, 0.1) is 22.5 Å². The number of imidazole rings is 1. The number of rotatable bonds is 3. The number of hydrogen-bond acceptors (Lipinski definition) is 4. The molecule has 2 aromatic heterocycles. The highest BCUT2D eigenvalue weighted by molar-refractivity contribution is 6.33. The number of allylic oxidation sites excluding steroid dienone is 1. The highest BCUT2D eigenvalue weighted by Crippen LogP contribution is 2.40. The van der Waals surface area contributed by atoms with Crippen LogP contribution in [0.15, 0.2) is 60.3 Å². The molecule has 5 nitrogen and oxygen atoms in total. The second kappa shape index (κ2) is 8.84. The molecule has 176 valence electrons. The normalized spacial score (nSPS) is 15.1. The van der Waals surface area contributed by atoms with E-state index < -0.39 is 11.9 Å². The Labute approximate surface area is 207 Å². The number of halogens is 2. The number of fused-ring (bicyclic) bond motifs is 3. The van der Waals surface area contributed by atoms with Crippen LogP contribution in [0, 0.1) is 17.1 Å². The van der Waals surface area contributed by atoms with Crippen molar-refractivity contribution in [3.8, 4) is 11.8 Å². The van der Waals surface area contributed by atoms with Gasteiger partial charge in [0.15, 0.2) is 5.65 Å². The molecule has 0 radical (unpaired) electrons. The fourth-order valence-electron chi connectivity index (χ4n) is 4.65. The number of aliphatic hydroxyl groups excluding tert-OH is 1. The highest BCUT2D eigenvalue weighted by Gasteiger charge is 2.27. The molecule has 35 heavy (non-hydrogen) atoms. The summed E-state index contributed by atoms with van der Waals surface area (Å²) in [6.45, 7) is 5.95. The van der Waals surface area contributed by atoms with Crippen LogP contribution in [-0.4, -0.2) is 14.5 Å². The Hall–Kier alpha value is -3.66. The van der Waals surface area contributed by atoms with Gasteiger partial charge in [-0.3, -0.25) is 4.40 Å². The summed E-state index contributed by atoms with van der Waals surface area (Å²) in [4.78, 5) is 4.71. The van der Waals surface area contributed by atoms with Crippen molar-refractivity contribution in [2.45, 2.75) is 39.4 Å². The first-order valence-corrected chi connectivity index (χ1v) is 11.7. The summed E-state index contributed by atoms with van der Waals surface area (Å²) in [6.07, 6.45) is 0.867. The van der Waals surface area contributed by atoms with E-state index in [1.165, 1.54) is 12.1 Å². The summed E-state index contributed by atoms with van der Waals surface area (Å²) in [5.41, 5.74) is 6.13. The van der Waals surface area contributed by atoms with Crippen LogP contribution < -0.4 is 4.74 Å². The van der Waals surface area contributed by atoms with Crippen LogP contribution in [0.25, 0.3) is 11.2 Å². The van der Waals surface area contributed by atoms with Crippen LogP contribution in [0.1, 0.15) is 66.4 Å². The molecule has 0 saturated carbocycles. The van der Waals surface area contributed by atoms with E-state index in [4.69, 9.17) is 21.3 Å². The predicted molar refractivity (Wildman–Crippen MR) is 133 cm³/mol. The molecule has 1 atom stereocenters. The van der Waals surface area contributed by atoms with Crippen molar-refractivity contribution >= 4 is 22.8 Å². The number of hydrogen-bond donors (Lipinski definition) is 1. The average Bonchev–Trinajstić information content (AvgIpc) is 3.17. The van der Waals surface area contributed by atoms with Gasteiger partial charge in [0.1, 0.15) is 24.3 Å². The van der Waals surface area contributed by atoms with E-state index in [9.17, 15) is 14.8 Å². The van der Waals surface area contributed by atoms with Gasteiger partial charge < -0.3 is 9.84 Å². The summed E-state index contributed by atoms with van der Waals surface area (Å²) >= 11 is 6.39. The van der Waals surface area contributed by atoms with Crippen LogP contribution in [-0.2, 0) is 6.61 Å². The molecule has 1 unspecified atom stereocenters. The highest BCUT2D eigenvalue weighted by atomic mass is 35.5. The van der Waals surface area contributed by atoms with Crippen molar-refractivity contribution in [3.63, 3.8) is 0 Å². The molecule has 2 aromatic carbocycles. The van der Waals surface area contributed by atoms with E-state index in [-0.39, 0.29) is 12.5 Å². The number of aliphatic hydroxyl groups is 1. The van der Waals surface area contributed by atoms with Gasteiger partial charge in [-0.05, 0) is 59.9 Å². The molecule has 0 spiro atoms. The van der Waals surface area contributed by atoms with Gasteiger partial charge in [-0.25, -0.2) is 9.37 Å². The number of nitrogens with zero attached hydrogens (tertiary/aromatic N) is 3. The van der Waals surface area contributed by atoms with E-state index in [0.29, 0.717) is 44.4 Å². The van der Waals surface area contributed by atoms with E-state index in [1.54, 1.807) is 19.1 Å². The molecule has 1 N–H and O–H groups in total. The van der Waals surface area contributed by atoms with Gasteiger partial charge in [0, 0.05) is 29.0 Å². The third kappa shape index (κ3) is 3.87. The molecular formula is C28H23ClFN3O2. The number of ether oxygens (including phenoxy) is 1. The molecule has 4 aromatic rings. The SMILES string of the molecule is C/C(C#N)=C1/c2ccc(C(O)c3c(C(C)C)nc4c(Cl)cccn34)cc2COc2cc(F)ccc21. The molecule has 0 amide bonds. The van der Waals surface area contributed by atoms with Crippen LogP contribution in [0.4, 0.5) is 4.39 Å². The van der Waals surface area contributed by atoms with Crippen LogP contribution in [0.2, 0.25) is 5.02 Å². The summed E-state index contributed by atoms with van der Waals surface area (Å²) in [5.74, 6) is 0.0377. The van der Waals surface area contributed by atoms with Gasteiger partial charge >= 0.3 is 0 Å². The number of nitriles is 1. The van der Waals surface area contributed by atoms with Crippen LogP contribution in [0.5, 0.6) is 5.75 Å². The van der Waals surface area contributed by atoms with Crippen molar-refractivity contribution in [2.75, 3.05) is 0 Å². The maximum absolute atomic E-state index is 13.9. The zero-order chi connectivity index (χ0) is 24.9. The number of pyridine rings is 1. The van der Waals surface area contributed by atoms with E-state index in [2.05, 4.69) is 6.07 Å². The molecule has 0 bridgehead atoms. The van der Waals surface area contributed by atoms with Crippen molar-refractivity contribution in [1.82, 2.24) is 9.38 Å². The summed E-state index contributed by atoms with van der Waals surface area (Å²) < 4.78 is 21.7. The first-order valence-electron chi connectivity index (χ1n) is 11.3. The summed E-state index contributed by atoms with van der Waals surface area (Å²) in [7, 11) is 0. The quantitative estimate of drug-likeness (QED) is 0.332. The minimum atomic E-state index is -0.973. The molecular weight excluding hydrogens is 465 g/mol. The number of aromatic nitrogens is 2. The Balaban J connectivity index is 1.66. The molecule has 5 rings (SSSR count). The Morgan fingerprint density at radius 3 is 2.71 bits per heavy atom. The lowest BCUT2D eigenvalue weighted by Gasteiger charge is -2.17. The van der Waals surface area contributed by atoms with Crippen molar-refractivity contribution in [1.29, 1.82) is 5.26 Å². The van der Waals surface area contributed by atoms with Crippen molar-refractivity contribution in [2.24, 2.45) is 0 Å². The third-order valence-corrected chi connectivity index (χ3v) is 6.62. The van der Waals surface area contributed by atoms with Gasteiger partial charge in [0.2, 0.25) is 0 Å². The Morgan fingerprint density at radius 1 is 1.20 bits per heavy atom. The van der Waals surface area contributed by atoms with E-state index in [0.717, 1.165) is 16.8 Å². The van der Waals surface area contributed by atoms with Gasteiger partial charge in [-0.2, -0.15) is 5.26 Å². The molecule has 0 fully saturated rings. The minimum Gasteiger partial charge on any atom is -0.488 e. The second-order valence-electron chi connectivity index (χ2n) is 8.95. The topological polar surface area (TPSA) is 70.5 Å². The molecule has 1 aliphatic heterocycles. The first-order chi connectivity index (χ1) is 16.8. The summed E-state index contributed by atoms with van der Waals surface area (Å²) in [6, 6.07) is 15.7. The zero-order valence-electron chi connectivity index (χ0n) is 19.5. The van der Waals surface area contributed by atoms with Gasteiger partial charge in [0.25, 0.3) is 0 Å². The molecule has 1 aliphatic rings. The van der Waals surface area contributed by atoms with Crippen molar-refractivity contribution in [3.05, 3.63) is 105 Å². The fraction of sp³-hybridized carbons (Fsp3) is 0.214. The van der Waals surface area contributed by atoms with Crippen LogP contribution in [0.3, 0.4) is 0 Å². The average molecular weight is 488 g/mol. The molecule has 0 aliphatic carbocycles. The third-order valence-electron chi connectivity index (χ3n) is 6.33. The molecule has 3 heterocycles. The monoisotopic (exact) mass is 487 g/mol. The first kappa shape index (κ1) is 23.1. The lowest BCUT2D eigenvalue weighted by molar-refractivity contribution is 0.212. The smallest absolute Gasteiger partial charge is 0.156 e. The van der Waals surface area contributed by atoms with E-state index >= 15 is 0 Å². The maximum atomic E-state index is 13.9. The fourth-order valence-corrected chi connectivity index (χ4v) is 4.86. The standard InChI is InChI=1S/C28H23ClFN3O2/c1-15(2)25-26(33-10-4-5-22(29)28(33)32-25)27(34)17-6-8-20-18(11-17)14-35-23-12-19(30)7-9-21(23)24(20)16(3)13-31/h4-12,15,27,34H,14H2,1-3H3/b24-16+. The zero-order valence-corrected chi connectivity index (χ0v) is 20.3. The van der Waals surface area contributed by atoms with E-state index in [1.807, 2.05) is 48.7 Å². The lowest BCUT2D eigenvalue weighted by Crippen LogP contribution is -2.09. The summed E-state index contributed by atoms with van der Waals surface area (Å²) in [5, 5.41) is 21.7. The number of benzene rings is 2. The Bertz CT molecular complexity index is 1550. The van der Waals surface area contributed by atoms with Gasteiger partial charge in [-0.15, -0.1) is 0 Å². The second-order valence-corrected chi connectivity index (χ2v) is 9.35. The lowest BCUT2D eigenvalue weighted by atomic mass is 9.89. The maximum Gasteiger partial charge on any atom is 0.156 e. The molecule has 0 saturated heterocycles. The van der Waals surface area contributed by atoms with Gasteiger partial charge in [-0.1, -0.05) is 37.6 Å².